The number of hydrogen-bond donors (Lipinski definition) is 2. The number of carbonyl (C=O) groups is 1. The Bertz CT molecular complexity index is 994. The van der Waals surface area contributed by atoms with Crippen LogP contribution < -0.4 is 10.0 Å². The Balaban J connectivity index is 2.16. The summed E-state index contributed by atoms with van der Waals surface area (Å²) in [6.07, 6.45) is 0. The van der Waals surface area contributed by atoms with Crippen LogP contribution in [0.25, 0.3) is 0 Å². The molecule has 2 aromatic rings. The maximum atomic E-state index is 12.9. The van der Waals surface area contributed by atoms with Gasteiger partial charge in [0.1, 0.15) is 0 Å². The number of anilines is 1. The minimum absolute atomic E-state index is 0.104. The molecule has 0 aliphatic carbocycles. The summed E-state index contributed by atoms with van der Waals surface area (Å²) in [6, 6.07) is 10.2. The van der Waals surface area contributed by atoms with Crippen LogP contribution in [-0.4, -0.2) is 31.4 Å². The molecule has 0 aliphatic heterocycles. The molecule has 2 rings (SSSR count). The molecule has 1 amide bonds. The van der Waals surface area contributed by atoms with Crippen LogP contribution >= 0.6 is 11.8 Å². The highest BCUT2D eigenvalue weighted by molar-refractivity contribution is 8.00. The molecule has 0 radical (unpaired) electrons. The Morgan fingerprint density at radius 1 is 0.966 bits per heavy atom. The van der Waals surface area contributed by atoms with Crippen molar-refractivity contribution in [1.29, 1.82) is 0 Å². The number of benzene rings is 2. The molecule has 0 fully saturated rings. The van der Waals surface area contributed by atoms with E-state index in [-0.39, 0.29) is 15.5 Å². The fourth-order valence-corrected chi connectivity index (χ4v) is 4.81. The van der Waals surface area contributed by atoms with E-state index in [1.165, 1.54) is 6.07 Å². The van der Waals surface area contributed by atoms with Crippen molar-refractivity contribution < 1.29 is 13.2 Å². The van der Waals surface area contributed by atoms with Crippen molar-refractivity contribution >= 4 is 33.4 Å². The molecule has 0 saturated heterocycles. The van der Waals surface area contributed by atoms with Crippen LogP contribution in [0.15, 0.2) is 41.3 Å². The Kier molecular flexibility index (Phi) is 7.40. The third-order valence-corrected chi connectivity index (χ3v) is 7.22. The molecular formula is C22H30N2O3S2. The van der Waals surface area contributed by atoms with E-state index in [1.54, 1.807) is 43.0 Å². The fourth-order valence-electron chi connectivity index (χ4n) is 2.67. The summed E-state index contributed by atoms with van der Waals surface area (Å²) in [5, 5.41) is 2.86. The molecule has 0 saturated carbocycles. The second-order valence-electron chi connectivity index (χ2n) is 8.10. The third kappa shape index (κ3) is 6.78. The van der Waals surface area contributed by atoms with Gasteiger partial charge in [-0.15, -0.1) is 0 Å². The van der Waals surface area contributed by atoms with Gasteiger partial charge in [0.15, 0.2) is 0 Å². The van der Waals surface area contributed by atoms with Gasteiger partial charge in [0, 0.05) is 28.3 Å². The lowest BCUT2D eigenvalue weighted by atomic mass is 10.1. The molecule has 0 heterocycles. The third-order valence-electron chi connectivity index (χ3n) is 4.42. The Morgan fingerprint density at radius 2 is 1.62 bits per heavy atom. The topological polar surface area (TPSA) is 75.3 Å². The molecule has 0 unspecified atom stereocenters. The van der Waals surface area contributed by atoms with Crippen LogP contribution in [0.2, 0.25) is 0 Å². The molecule has 158 valence electrons. The first-order valence-corrected chi connectivity index (χ1v) is 12.0. The van der Waals surface area contributed by atoms with Crippen LogP contribution in [0.5, 0.6) is 0 Å². The van der Waals surface area contributed by atoms with Gasteiger partial charge in [-0.05, 0) is 61.7 Å². The summed E-state index contributed by atoms with van der Waals surface area (Å²) in [6.45, 7) is 12.5. The minimum Gasteiger partial charge on any atom is -0.351 e. The lowest BCUT2D eigenvalue weighted by molar-refractivity contribution is 0.0956. The van der Waals surface area contributed by atoms with E-state index in [1.807, 2.05) is 19.9 Å². The first-order chi connectivity index (χ1) is 13.4. The summed E-state index contributed by atoms with van der Waals surface area (Å²) in [7, 11) is -3.81. The van der Waals surface area contributed by atoms with Gasteiger partial charge in [0.05, 0.1) is 4.90 Å². The molecule has 29 heavy (non-hydrogen) atoms. The van der Waals surface area contributed by atoms with E-state index < -0.39 is 10.0 Å². The van der Waals surface area contributed by atoms with Gasteiger partial charge in [-0.1, -0.05) is 32.9 Å². The van der Waals surface area contributed by atoms with Gasteiger partial charge in [-0.25, -0.2) is 8.42 Å². The standard InChI is InChI=1S/C22H30N2O3S2/c1-15-8-10-19(13-17(15)3)24-29(26,27)20-14-18(9-7-16(20)2)21(25)23-11-12-28-22(4,5)6/h7-10,13-14,24H,11-12H2,1-6H3,(H,23,25). The van der Waals surface area contributed by atoms with Crippen LogP contribution in [0.4, 0.5) is 5.69 Å². The number of sulfonamides is 1. The van der Waals surface area contributed by atoms with Crippen molar-refractivity contribution in [3.05, 3.63) is 58.7 Å². The van der Waals surface area contributed by atoms with E-state index in [9.17, 15) is 13.2 Å². The van der Waals surface area contributed by atoms with Gasteiger partial charge in [0.25, 0.3) is 15.9 Å². The summed E-state index contributed by atoms with van der Waals surface area (Å²) in [4.78, 5) is 12.6. The highest BCUT2D eigenvalue weighted by Crippen LogP contribution is 2.23. The molecule has 5 nitrogen and oxygen atoms in total. The normalized spacial score (nSPS) is 11.9. The van der Waals surface area contributed by atoms with E-state index in [4.69, 9.17) is 0 Å². The van der Waals surface area contributed by atoms with Gasteiger partial charge < -0.3 is 5.32 Å². The summed E-state index contributed by atoms with van der Waals surface area (Å²) in [5.74, 6) is 0.516. The molecule has 2 N–H and O–H groups in total. The monoisotopic (exact) mass is 434 g/mol. The fraction of sp³-hybridized carbons (Fsp3) is 0.409. The predicted octanol–water partition coefficient (Wildman–Crippen LogP) is 4.67. The first kappa shape index (κ1) is 23.3. The van der Waals surface area contributed by atoms with E-state index >= 15 is 0 Å². The van der Waals surface area contributed by atoms with Crippen molar-refractivity contribution in [1.82, 2.24) is 5.32 Å². The smallest absolute Gasteiger partial charge is 0.262 e. The molecule has 0 aliphatic rings. The maximum absolute atomic E-state index is 12.9. The number of thioether (sulfide) groups is 1. The van der Waals surface area contributed by atoms with E-state index in [2.05, 4.69) is 30.8 Å². The zero-order chi connectivity index (χ0) is 21.8. The van der Waals surface area contributed by atoms with Gasteiger partial charge in [-0.3, -0.25) is 9.52 Å². The summed E-state index contributed by atoms with van der Waals surface area (Å²) >= 11 is 1.76. The number of nitrogens with one attached hydrogen (secondary N) is 2. The average molecular weight is 435 g/mol. The molecule has 0 aromatic heterocycles. The predicted molar refractivity (Wildman–Crippen MR) is 122 cm³/mol. The Morgan fingerprint density at radius 3 is 2.24 bits per heavy atom. The minimum atomic E-state index is -3.81. The van der Waals surface area contributed by atoms with Crippen molar-refractivity contribution in [2.24, 2.45) is 0 Å². The van der Waals surface area contributed by atoms with Crippen LogP contribution in [0.3, 0.4) is 0 Å². The molecule has 2 aromatic carbocycles. The quantitative estimate of drug-likeness (QED) is 0.621. The number of aryl methyl sites for hydroxylation is 3. The van der Waals surface area contributed by atoms with Crippen molar-refractivity contribution in [3.8, 4) is 0 Å². The van der Waals surface area contributed by atoms with Crippen LogP contribution in [-0.2, 0) is 10.0 Å². The Hall–Kier alpha value is -1.99. The average Bonchev–Trinajstić information content (AvgIpc) is 2.61. The lowest BCUT2D eigenvalue weighted by Gasteiger charge is -2.17. The zero-order valence-corrected chi connectivity index (χ0v) is 19.6. The summed E-state index contributed by atoms with van der Waals surface area (Å²) in [5.41, 5.74) is 3.51. The second-order valence-corrected chi connectivity index (χ2v) is 11.7. The highest BCUT2D eigenvalue weighted by atomic mass is 32.2. The van der Waals surface area contributed by atoms with Crippen LogP contribution in [0, 0.1) is 20.8 Å². The molecule has 0 bridgehead atoms. The van der Waals surface area contributed by atoms with Crippen LogP contribution in [0.1, 0.15) is 47.8 Å². The van der Waals surface area contributed by atoms with E-state index in [0.717, 1.165) is 16.9 Å². The Labute approximate surface area is 178 Å². The van der Waals surface area contributed by atoms with Gasteiger partial charge in [-0.2, -0.15) is 11.8 Å². The largest absolute Gasteiger partial charge is 0.351 e. The number of hydrogen-bond acceptors (Lipinski definition) is 4. The highest BCUT2D eigenvalue weighted by Gasteiger charge is 2.20. The van der Waals surface area contributed by atoms with Crippen molar-refractivity contribution in [3.63, 3.8) is 0 Å². The lowest BCUT2D eigenvalue weighted by Crippen LogP contribution is -2.27. The molecular weight excluding hydrogens is 404 g/mol. The summed E-state index contributed by atoms with van der Waals surface area (Å²) < 4.78 is 28.6. The zero-order valence-electron chi connectivity index (χ0n) is 17.9. The maximum Gasteiger partial charge on any atom is 0.262 e. The van der Waals surface area contributed by atoms with Crippen molar-refractivity contribution in [2.45, 2.75) is 51.2 Å². The van der Waals surface area contributed by atoms with Gasteiger partial charge >= 0.3 is 0 Å². The first-order valence-electron chi connectivity index (χ1n) is 9.52. The van der Waals surface area contributed by atoms with E-state index in [0.29, 0.717) is 23.4 Å². The molecule has 7 heteroatoms. The molecule has 0 spiro atoms. The number of carbonyl (C=O) groups excluding carboxylic acids is 1. The number of rotatable bonds is 7. The second kappa shape index (κ2) is 9.22. The molecule has 0 atom stereocenters. The SMILES string of the molecule is Cc1ccc(NS(=O)(=O)c2cc(C(=O)NCCSC(C)(C)C)ccc2C)cc1C. The van der Waals surface area contributed by atoms with Crippen molar-refractivity contribution in [2.75, 3.05) is 17.0 Å². The van der Waals surface area contributed by atoms with Gasteiger partial charge in [0.2, 0.25) is 0 Å². The number of amides is 1.